The van der Waals surface area contributed by atoms with E-state index < -0.39 is 0 Å². The molecule has 0 atom stereocenters. The Labute approximate surface area is 123 Å². The smallest absolute Gasteiger partial charge is 0.231 e. The van der Waals surface area contributed by atoms with E-state index in [1.807, 2.05) is 24.3 Å². The molecule has 2 aromatic rings. The molecule has 4 nitrogen and oxygen atoms in total. The average Bonchev–Trinajstić information content (AvgIpc) is 2.93. The van der Waals surface area contributed by atoms with Gasteiger partial charge in [0.25, 0.3) is 0 Å². The molecule has 0 aliphatic carbocycles. The number of phenolic OH excluding ortho intramolecular Hbond substituents is 1. The van der Waals surface area contributed by atoms with E-state index in [1.54, 1.807) is 30.1 Å². The number of fused-ring (bicyclic) bond motifs is 1. The quantitative estimate of drug-likeness (QED) is 0.941. The Morgan fingerprint density at radius 3 is 2.95 bits per heavy atom. The molecule has 0 bridgehead atoms. The van der Waals surface area contributed by atoms with Crippen molar-refractivity contribution in [1.29, 1.82) is 0 Å². The van der Waals surface area contributed by atoms with Gasteiger partial charge in [-0.15, -0.1) is 0 Å². The lowest BCUT2D eigenvalue weighted by molar-refractivity contribution is -0.117. The van der Waals surface area contributed by atoms with Crippen molar-refractivity contribution in [3.8, 4) is 11.5 Å². The van der Waals surface area contributed by atoms with Gasteiger partial charge in [0.15, 0.2) is 0 Å². The molecule has 0 unspecified atom stereocenters. The normalized spacial score (nSPS) is 12.6. The van der Waals surface area contributed by atoms with Crippen LogP contribution in [-0.2, 0) is 17.6 Å². The summed E-state index contributed by atoms with van der Waals surface area (Å²) in [6.07, 6.45) is 1.15. The van der Waals surface area contributed by atoms with Crippen LogP contribution in [0.1, 0.15) is 11.1 Å². The van der Waals surface area contributed by atoms with Crippen LogP contribution in [0.2, 0.25) is 0 Å². The lowest BCUT2D eigenvalue weighted by atomic mass is 10.1. The molecule has 0 saturated carbocycles. The van der Waals surface area contributed by atoms with Crippen LogP contribution in [0.4, 0.5) is 5.69 Å². The Balaban J connectivity index is 1.75. The molecule has 2 aromatic carbocycles. The van der Waals surface area contributed by atoms with Gasteiger partial charge in [-0.3, -0.25) is 4.79 Å². The highest BCUT2D eigenvalue weighted by Gasteiger charge is 2.16. The molecule has 0 fully saturated rings. The summed E-state index contributed by atoms with van der Waals surface area (Å²) in [5, 5.41) is 9.45. The molecule has 1 aliphatic rings. The molecular weight excluding hydrogens is 266 g/mol. The average molecular weight is 283 g/mol. The van der Waals surface area contributed by atoms with Crippen molar-refractivity contribution < 1.29 is 14.6 Å². The zero-order valence-electron chi connectivity index (χ0n) is 11.9. The van der Waals surface area contributed by atoms with E-state index in [0.29, 0.717) is 6.61 Å². The lowest BCUT2D eigenvalue weighted by Crippen LogP contribution is -2.27. The van der Waals surface area contributed by atoms with E-state index >= 15 is 0 Å². The van der Waals surface area contributed by atoms with Crippen LogP contribution in [0.15, 0.2) is 42.5 Å². The van der Waals surface area contributed by atoms with E-state index in [1.165, 1.54) is 0 Å². The second-order valence-electron chi connectivity index (χ2n) is 5.19. The third-order valence-corrected chi connectivity index (χ3v) is 3.70. The summed E-state index contributed by atoms with van der Waals surface area (Å²) in [5.41, 5.74) is 2.81. The van der Waals surface area contributed by atoms with Gasteiger partial charge >= 0.3 is 0 Å². The van der Waals surface area contributed by atoms with Crippen molar-refractivity contribution in [2.24, 2.45) is 0 Å². The first-order chi connectivity index (χ1) is 10.1. The summed E-state index contributed by atoms with van der Waals surface area (Å²) >= 11 is 0. The number of hydrogen-bond donors (Lipinski definition) is 1. The highest BCUT2D eigenvalue weighted by atomic mass is 16.5. The van der Waals surface area contributed by atoms with Gasteiger partial charge in [0, 0.05) is 19.2 Å². The first-order valence-electron chi connectivity index (χ1n) is 6.94. The predicted molar refractivity (Wildman–Crippen MR) is 80.9 cm³/mol. The Morgan fingerprint density at radius 2 is 2.14 bits per heavy atom. The van der Waals surface area contributed by atoms with E-state index in [0.717, 1.165) is 29.0 Å². The molecule has 1 heterocycles. The number of rotatable bonds is 3. The SMILES string of the molecule is CN(C(=O)Cc1cccc(O)c1)c1ccc2c(c1)CCO2. The fraction of sp³-hybridized carbons (Fsp3) is 0.235. The van der Waals surface area contributed by atoms with Crippen molar-refractivity contribution in [1.82, 2.24) is 0 Å². The number of benzene rings is 2. The van der Waals surface area contributed by atoms with Crippen LogP contribution in [0.25, 0.3) is 0 Å². The standard InChI is InChI=1S/C17H17NO3/c1-18(14-5-6-16-13(11-14)7-8-21-16)17(20)10-12-3-2-4-15(19)9-12/h2-6,9,11,19H,7-8,10H2,1H3. The monoisotopic (exact) mass is 283 g/mol. The van der Waals surface area contributed by atoms with E-state index in [-0.39, 0.29) is 18.1 Å². The van der Waals surface area contributed by atoms with Crippen molar-refractivity contribution in [3.05, 3.63) is 53.6 Å². The maximum atomic E-state index is 12.3. The number of ether oxygens (including phenoxy) is 1. The first-order valence-corrected chi connectivity index (χ1v) is 6.94. The highest BCUT2D eigenvalue weighted by Crippen LogP contribution is 2.29. The minimum Gasteiger partial charge on any atom is -0.508 e. The molecule has 4 heteroatoms. The van der Waals surface area contributed by atoms with Crippen LogP contribution in [0, 0.1) is 0 Å². The minimum absolute atomic E-state index is 0.0144. The third kappa shape index (κ3) is 2.84. The zero-order chi connectivity index (χ0) is 14.8. The maximum absolute atomic E-state index is 12.3. The molecule has 1 aliphatic heterocycles. The van der Waals surface area contributed by atoms with Gasteiger partial charge in [0.2, 0.25) is 5.91 Å². The molecule has 0 radical (unpaired) electrons. The number of carbonyl (C=O) groups is 1. The molecule has 21 heavy (non-hydrogen) atoms. The molecule has 1 amide bonds. The largest absolute Gasteiger partial charge is 0.508 e. The van der Waals surface area contributed by atoms with Gasteiger partial charge < -0.3 is 14.7 Å². The molecule has 3 rings (SSSR count). The number of nitrogens with zero attached hydrogens (tertiary/aromatic N) is 1. The summed E-state index contributed by atoms with van der Waals surface area (Å²) in [4.78, 5) is 14.0. The predicted octanol–water partition coefficient (Wildman–Crippen LogP) is 2.53. The molecule has 108 valence electrons. The molecule has 0 aromatic heterocycles. The summed E-state index contributed by atoms with van der Waals surface area (Å²) in [6.45, 7) is 0.708. The van der Waals surface area contributed by atoms with Gasteiger partial charge in [-0.25, -0.2) is 0 Å². The topological polar surface area (TPSA) is 49.8 Å². The van der Waals surface area contributed by atoms with Crippen molar-refractivity contribution in [2.45, 2.75) is 12.8 Å². The summed E-state index contributed by atoms with van der Waals surface area (Å²) in [6, 6.07) is 12.6. The second kappa shape index (κ2) is 5.48. The maximum Gasteiger partial charge on any atom is 0.231 e. The van der Waals surface area contributed by atoms with Gasteiger partial charge in [-0.2, -0.15) is 0 Å². The number of amides is 1. The Hall–Kier alpha value is -2.49. The van der Waals surface area contributed by atoms with E-state index in [4.69, 9.17) is 4.74 Å². The van der Waals surface area contributed by atoms with Gasteiger partial charge in [0.05, 0.1) is 13.0 Å². The molecular formula is C17H17NO3. The first kappa shape index (κ1) is 13.5. The molecule has 1 N–H and O–H groups in total. The Kier molecular flexibility index (Phi) is 3.52. The number of hydrogen-bond acceptors (Lipinski definition) is 3. The number of carbonyl (C=O) groups excluding carboxylic acids is 1. The summed E-state index contributed by atoms with van der Waals surface area (Å²) in [5.74, 6) is 1.07. The fourth-order valence-electron chi connectivity index (χ4n) is 2.49. The summed E-state index contributed by atoms with van der Waals surface area (Å²) < 4.78 is 5.47. The number of anilines is 1. The van der Waals surface area contributed by atoms with Crippen molar-refractivity contribution in [3.63, 3.8) is 0 Å². The highest BCUT2D eigenvalue weighted by molar-refractivity contribution is 5.94. The third-order valence-electron chi connectivity index (χ3n) is 3.70. The molecule has 0 saturated heterocycles. The number of likely N-dealkylation sites (N-methyl/N-ethyl adjacent to an activating group) is 1. The van der Waals surface area contributed by atoms with E-state index in [9.17, 15) is 9.90 Å². The van der Waals surface area contributed by atoms with Crippen molar-refractivity contribution >= 4 is 11.6 Å². The van der Waals surface area contributed by atoms with Crippen LogP contribution in [-0.4, -0.2) is 24.7 Å². The van der Waals surface area contributed by atoms with Crippen LogP contribution >= 0.6 is 0 Å². The van der Waals surface area contributed by atoms with Crippen LogP contribution in [0.5, 0.6) is 11.5 Å². The van der Waals surface area contributed by atoms with Crippen LogP contribution in [0.3, 0.4) is 0 Å². The van der Waals surface area contributed by atoms with Gasteiger partial charge in [-0.05, 0) is 41.5 Å². The van der Waals surface area contributed by atoms with E-state index in [2.05, 4.69) is 0 Å². The fourth-order valence-corrected chi connectivity index (χ4v) is 2.49. The number of aromatic hydroxyl groups is 1. The summed E-state index contributed by atoms with van der Waals surface area (Å²) in [7, 11) is 1.77. The lowest BCUT2D eigenvalue weighted by Gasteiger charge is -2.18. The molecule has 0 spiro atoms. The Morgan fingerprint density at radius 1 is 1.29 bits per heavy atom. The number of phenols is 1. The van der Waals surface area contributed by atoms with Crippen molar-refractivity contribution in [2.75, 3.05) is 18.6 Å². The second-order valence-corrected chi connectivity index (χ2v) is 5.19. The Bertz CT molecular complexity index is 681. The van der Waals surface area contributed by atoms with Gasteiger partial charge in [0.1, 0.15) is 11.5 Å². The van der Waals surface area contributed by atoms with Gasteiger partial charge in [-0.1, -0.05) is 12.1 Å². The zero-order valence-corrected chi connectivity index (χ0v) is 11.9. The minimum atomic E-state index is -0.0144. The van der Waals surface area contributed by atoms with Crippen LogP contribution < -0.4 is 9.64 Å².